The maximum atomic E-state index is 12.6. The number of benzene rings is 1. The molecule has 0 aliphatic heterocycles. The van der Waals surface area contributed by atoms with Crippen molar-refractivity contribution in [2.45, 2.75) is 32.5 Å². The summed E-state index contributed by atoms with van der Waals surface area (Å²) in [4.78, 5) is 11.7. The van der Waals surface area contributed by atoms with E-state index in [0.29, 0.717) is 6.54 Å². The minimum atomic E-state index is -4.47. The van der Waals surface area contributed by atoms with Crippen LogP contribution < -0.4 is 10.6 Å². The van der Waals surface area contributed by atoms with Crippen LogP contribution in [0.2, 0.25) is 5.02 Å². The predicted molar refractivity (Wildman–Crippen MR) is 72.8 cm³/mol. The molecule has 1 aromatic carbocycles. The molecule has 112 valence electrons. The van der Waals surface area contributed by atoms with E-state index in [1.54, 1.807) is 0 Å². The van der Waals surface area contributed by atoms with Gasteiger partial charge in [-0.3, -0.25) is 4.79 Å². The molecule has 0 saturated carbocycles. The van der Waals surface area contributed by atoms with Gasteiger partial charge in [0.2, 0.25) is 5.91 Å². The Kier molecular flexibility index (Phi) is 5.83. The van der Waals surface area contributed by atoms with Gasteiger partial charge in [-0.25, -0.2) is 0 Å². The Hall–Kier alpha value is -1.27. The zero-order valence-electron chi connectivity index (χ0n) is 11.1. The fraction of sp³-hybridized carbons (Fsp3) is 0.462. The molecular formula is C13H16ClF3N2O. The third kappa shape index (κ3) is 5.02. The molecule has 2 N–H and O–H groups in total. The molecule has 3 nitrogen and oxygen atoms in total. The van der Waals surface area contributed by atoms with Crippen LogP contribution in [-0.4, -0.2) is 18.5 Å². The zero-order valence-corrected chi connectivity index (χ0v) is 11.9. The smallest absolute Gasteiger partial charge is 0.325 e. The van der Waals surface area contributed by atoms with Crippen LogP contribution in [0, 0.1) is 0 Å². The molecule has 20 heavy (non-hydrogen) atoms. The van der Waals surface area contributed by atoms with E-state index in [1.807, 2.05) is 13.8 Å². The number of halogens is 4. The van der Waals surface area contributed by atoms with E-state index in [-0.39, 0.29) is 29.1 Å². The number of nitrogens with one attached hydrogen (secondary N) is 2. The summed E-state index contributed by atoms with van der Waals surface area (Å²) in [5.74, 6) is -0.389. The zero-order chi connectivity index (χ0) is 15.3. The standard InChI is InChI=1S/C13H16ClF3N2O/c1-3-18-8(2)6-12(20)19-11-7-9(13(15,16)17)4-5-10(11)14/h4-5,7-8,18H,3,6H2,1-2H3,(H,19,20). The molecule has 0 heterocycles. The molecule has 0 fully saturated rings. The summed E-state index contributed by atoms with van der Waals surface area (Å²) < 4.78 is 37.7. The number of hydrogen-bond donors (Lipinski definition) is 2. The van der Waals surface area contributed by atoms with Gasteiger partial charge < -0.3 is 10.6 Å². The molecule has 0 spiro atoms. The van der Waals surface area contributed by atoms with Crippen molar-refractivity contribution in [1.82, 2.24) is 5.32 Å². The van der Waals surface area contributed by atoms with E-state index in [0.717, 1.165) is 18.2 Å². The number of carbonyl (C=O) groups is 1. The van der Waals surface area contributed by atoms with Gasteiger partial charge in [-0.15, -0.1) is 0 Å². The van der Waals surface area contributed by atoms with E-state index >= 15 is 0 Å². The van der Waals surface area contributed by atoms with Crippen molar-refractivity contribution in [1.29, 1.82) is 0 Å². The number of amides is 1. The highest BCUT2D eigenvalue weighted by Crippen LogP contribution is 2.33. The third-order valence-electron chi connectivity index (χ3n) is 2.61. The Bertz CT molecular complexity index is 477. The van der Waals surface area contributed by atoms with Crippen molar-refractivity contribution < 1.29 is 18.0 Å². The number of carbonyl (C=O) groups excluding carboxylic acids is 1. The van der Waals surface area contributed by atoms with Crippen LogP contribution in [0.5, 0.6) is 0 Å². The molecule has 0 aromatic heterocycles. The minimum absolute atomic E-state index is 0.0322. The molecule has 1 atom stereocenters. The Morgan fingerprint density at radius 1 is 1.40 bits per heavy atom. The monoisotopic (exact) mass is 308 g/mol. The van der Waals surface area contributed by atoms with Gasteiger partial charge in [0.05, 0.1) is 16.3 Å². The van der Waals surface area contributed by atoms with Crippen molar-refractivity contribution >= 4 is 23.2 Å². The van der Waals surface area contributed by atoms with Crippen molar-refractivity contribution in [3.63, 3.8) is 0 Å². The molecule has 0 bridgehead atoms. The average Bonchev–Trinajstić information content (AvgIpc) is 2.30. The SMILES string of the molecule is CCNC(C)CC(=O)Nc1cc(C(F)(F)F)ccc1Cl. The average molecular weight is 309 g/mol. The molecule has 1 rings (SSSR count). The van der Waals surface area contributed by atoms with Crippen LogP contribution >= 0.6 is 11.6 Å². The maximum Gasteiger partial charge on any atom is 0.416 e. The topological polar surface area (TPSA) is 41.1 Å². The lowest BCUT2D eigenvalue weighted by Gasteiger charge is -2.14. The first-order chi connectivity index (χ1) is 9.24. The summed E-state index contributed by atoms with van der Waals surface area (Å²) in [5, 5.41) is 5.51. The highest BCUT2D eigenvalue weighted by atomic mass is 35.5. The Morgan fingerprint density at radius 3 is 2.60 bits per heavy atom. The van der Waals surface area contributed by atoms with E-state index < -0.39 is 11.7 Å². The number of rotatable bonds is 5. The highest BCUT2D eigenvalue weighted by molar-refractivity contribution is 6.33. The second-order valence-electron chi connectivity index (χ2n) is 4.40. The fourth-order valence-electron chi connectivity index (χ4n) is 1.70. The first kappa shape index (κ1) is 16.8. The molecule has 0 aliphatic carbocycles. The number of hydrogen-bond acceptors (Lipinski definition) is 2. The molecule has 1 aromatic rings. The van der Waals surface area contributed by atoms with Gasteiger partial charge in [-0.2, -0.15) is 13.2 Å². The van der Waals surface area contributed by atoms with Gasteiger partial charge in [0.1, 0.15) is 0 Å². The van der Waals surface area contributed by atoms with E-state index in [9.17, 15) is 18.0 Å². The van der Waals surface area contributed by atoms with E-state index in [4.69, 9.17) is 11.6 Å². The molecule has 0 aliphatic rings. The normalized spacial score (nSPS) is 13.1. The lowest BCUT2D eigenvalue weighted by atomic mass is 10.1. The van der Waals surface area contributed by atoms with Crippen molar-refractivity contribution in [2.75, 3.05) is 11.9 Å². The summed E-state index contributed by atoms with van der Waals surface area (Å²) in [6.45, 7) is 4.42. The molecule has 1 unspecified atom stereocenters. The quantitative estimate of drug-likeness (QED) is 0.871. The van der Waals surface area contributed by atoms with Crippen molar-refractivity contribution in [3.05, 3.63) is 28.8 Å². The van der Waals surface area contributed by atoms with Gasteiger partial charge in [-0.1, -0.05) is 18.5 Å². The van der Waals surface area contributed by atoms with Gasteiger partial charge in [-0.05, 0) is 31.7 Å². The van der Waals surface area contributed by atoms with Crippen molar-refractivity contribution in [2.24, 2.45) is 0 Å². The van der Waals surface area contributed by atoms with Crippen molar-refractivity contribution in [3.8, 4) is 0 Å². The second-order valence-corrected chi connectivity index (χ2v) is 4.81. The largest absolute Gasteiger partial charge is 0.416 e. The molecule has 7 heteroatoms. The first-order valence-electron chi connectivity index (χ1n) is 6.14. The van der Waals surface area contributed by atoms with Gasteiger partial charge >= 0.3 is 6.18 Å². The Labute approximate surface area is 120 Å². The lowest BCUT2D eigenvalue weighted by molar-refractivity contribution is -0.137. The predicted octanol–water partition coefficient (Wildman–Crippen LogP) is 3.69. The van der Waals surface area contributed by atoms with Gasteiger partial charge in [0.25, 0.3) is 0 Å². The minimum Gasteiger partial charge on any atom is -0.325 e. The maximum absolute atomic E-state index is 12.6. The van der Waals surface area contributed by atoms with E-state index in [2.05, 4.69) is 10.6 Å². The molecule has 0 radical (unpaired) electrons. The summed E-state index contributed by atoms with van der Waals surface area (Å²) in [6.07, 6.45) is -4.32. The fourth-order valence-corrected chi connectivity index (χ4v) is 1.86. The van der Waals surface area contributed by atoms with Crippen LogP contribution in [0.25, 0.3) is 0 Å². The van der Waals surface area contributed by atoms with Crippen LogP contribution in [0.4, 0.5) is 18.9 Å². The number of anilines is 1. The van der Waals surface area contributed by atoms with E-state index in [1.165, 1.54) is 0 Å². The summed E-state index contributed by atoms with van der Waals surface area (Å²) in [7, 11) is 0. The molecule has 1 amide bonds. The van der Waals surface area contributed by atoms with Crippen LogP contribution in [0.1, 0.15) is 25.8 Å². The van der Waals surface area contributed by atoms with Crippen LogP contribution in [0.15, 0.2) is 18.2 Å². The molecular weight excluding hydrogens is 293 g/mol. The number of alkyl halides is 3. The molecule has 0 saturated heterocycles. The van der Waals surface area contributed by atoms with Gasteiger partial charge in [0.15, 0.2) is 0 Å². The second kappa shape index (κ2) is 6.95. The van der Waals surface area contributed by atoms with Crippen LogP contribution in [0.3, 0.4) is 0 Å². The summed E-state index contributed by atoms with van der Waals surface area (Å²) in [6, 6.07) is 2.76. The summed E-state index contributed by atoms with van der Waals surface area (Å²) >= 11 is 5.79. The Balaban J connectivity index is 2.79. The van der Waals surface area contributed by atoms with Gasteiger partial charge in [0, 0.05) is 12.5 Å². The van der Waals surface area contributed by atoms with Crippen LogP contribution in [-0.2, 0) is 11.0 Å². The summed E-state index contributed by atoms with van der Waals surface area (Å²) in [5.41, 5.74) is -0.882. The Morgan fingerprint density at radius 2 is 2.05 bits per heavy atom. The first-order valence-corrected chi connectivity index (χ1v) is 6.51. The highest BCUT2D eigenvalue weighted by Gasteiger charge is 2.31. The lowest BCUT2D eigenvalue weighted by Crippen LogP contribution is -2.30. The third-order valence-corrected chi connectivity index (χ3v) is 2.94.